The Kier molecular flexibility index (Phi) is 1.83. The van der Waals surface area contributed by atoms with Crippen molar-refractivity contribution in [2.24, 2.45) is 0 Å². The van der Waals surface area contributed by atoms with Gasteiger partial charge in [0.25, 0.3) is 0 Å². The van der Waals surface area contributed by atoms with E-state index in [1.54, 1.807) is 6.07 Å². The van der Waals surface area contributed by atoms with Crippen LogP contribution in [-0.4, -0.2) is 0 Å². The standard InChI is InChI=1S/C12H6BrFO/c13-10-3-1-2-9-8-5-4-7(14)6-11(8)15-12(9)10/h1-6H. The molecule has 0 saturated carbocycles. The van der Waals surface area contributed by atoms with Gasteiger partial charge in [-0.3, -0.25) is 0 Å². The number of para-hydroxylation sites is 1. The molecule has 0 bridgehead atoms. The zero-order chi connectivity index (χ0) is 10.4. The average Bonchev–Trinajstić information content (AvgIpc) is 2.57. The van der Waals surface area contributed by atoms with Crippen LogP contribution >= 0.6 is 15.9 Å². The van der Waals surface area contributed by atoms with Gasteiger partial charge < -0.3 is 4.42 Å². The second-order valence-corrected chi connectivity index (χ2v) is 4.21. The fourth-order valence-electron chi connectivity index (χ4n) is 1.74. The van der Waals surface area contributed by atoms with Gasteiger partial charge in [0.05, 0.1) is 4.47 Å². The molecule has 0 unspecified atom stereocenters. The highest BCUT2D eigenvalue weighted by Gasteiger charge is 2.09. The molecule has 0 spiro atoms. The summed E-state index contributed by atoms with van der Waals surface area (Å²) in [7, 11) is 0. The van der Waals surface area contributed by atoms with Gasteiger partial charge in [0.2, 0.25) is 0 Å². The van der Waals surface area contributed by atoms with Gasteiger partial charge in [0.1, 0.15) is 17.0 Å². The molecule has 2 aromatic carbocycles. The van der Waals surface area contributed by atoms with Crippen molar-refractivity contribution in [1.29, 1.82) is 0 Å². The average molecular weight is 265 g/mol. The fraction of sp³-hybridized carbons (Fsp3) is 0. The number of furan rings is 1. The van der Waals surface area contributed by atoms with Crippen molar-refractivity contribution in [3.8, 4) is 0 Å². The van der Waals surface area contributed by atoms with E-state index in [2.05, 4.69) is 15.9 Å². The third-order valence-electron chi connectivity index (χ3n) is 2.41. The van der Waals surface area contributed by atoms with Crippen molar-refractivity contribution in [2.75, 3.05) is 0 Å². The Balaban J connectivity index is 2.57. The van der Waals surface area contributed by atoms with Crippen LogP contribution in [0.5, 0.6) is 0 Å². The van der Waals surface area contributed by atoms with Gasteiger partial charge in [0, 0.05) is 16.8 Å². The first kappa shape index (κ1) is 8.92. The number of rotatable bonds is 0. The molecule has 0 radical (unpaired) electrons. The summed E-state index contributed by atoms with van der Waals surface area (Å²) in [6, 6.07) is 10.4. The molecular weight excluding hydrogens is 259 g/mol. The lowest BCUT2D eigenvalue weighted by molar-refractivity contribution is 0.618. The third-order valence-corrected chi connectivity index (χ3v) is 3.04. The first-order chi connectivity index (χ1) is 7.25. The smallest absolute Gasteiger partial charge is 0.149 e. The van der Waals surface area contributed by atoms with E-state index in [9.17, 15) is 4.39 Å². The predicted molar refractivity (Wildman–Crippen MR) is 61.4 cm³/mol. The van der Waals surface area contributed by atoms with Crippen molar-refractivity contribution in [1.82, 2.24) is 0 Å². The highest BCUT2D eigenvalue weighted by Crippen LogP contribution is 2.33. The lowest BCUT2D eigenvalue weighted by Gasteiger charge is -1.90. The number of halogens is 2. The topological polar surface area (TPSA) is 13.1 Å². The lowest BCUT2D eigenvalue weighted by atomic mass is 10.1. The molecule has 0 atom stereocenters. The van der Waals surface area contributed by atoms with Gasteiger partial charge in [-0.15, -0.1) is 0 Å². The van der Waals surface area contributed by atoms with Gasteiger partial charge in [-0.1, -0.05) is 12.1 Å². The van der Waals surface area contributed by atoms with Crippen LogP contribution in [0.2, 0.25) is 0 Å². The minimum absolute atomic E-state index is 0.280. The predicted octanol–water partition coefficient (Wildman–Crippen LogP) is 4.49. The number of benzene rings is 2. The lowest BCUT2D eigenvalue weighted by Crippen LogP contribution is -1.70. The molecule has 0 aliphatic rings. The van der Waals surface area contributed by atoms with Crippen molar-refractivity contribution >= 4 is 37.9 Å². The molecule has 1 aromatic heterocycles. The Morgan fingerprint density at radius 1 is 1.07 bits per heavy atom. The molecule has 15 heavy (non-hydrogen) atoms. The maximum atomic E-state index is 13.0. The molecular formula is C12H6BrFO. The summed E-state index contributed by atoms with van der Waals surface area (Å²) in [6.45, 7) is 0. The molecule has 0 aliphatic heterocycles. The number of hydrogen-bond donors (Lipinski definition) is 0. The third kappa shape index (κ3) is 1.27. The summed E-state index contributed by atoms with van der Waals surface area (Å²) in [4.78, 5) is 0. The molecule has 74 valence electrons. The van der Waals surface area contributed by atoms with Crippen molar-refractivity contribution in [2.45, 2.75) is 0 Å². The summed E-state index contributed by atoms with van der Waals surface area (Å²) >= 11 is 3.41. The molecule has 0 N–H and O–H groups in total. The summed E-state index contributed by atoms with van der Waals surface area (Å²) < 4.78 is 19.5. The highest BCUT2D eigenvalue weighted by molar-refractivity contribution is 9.10. The molecule has 1 heterocycles. The Morgan fingerprint density at radius 2 is 1.93 bits per heavy atom. The van der Waals surface area contributed by atoms with Crippen LogP contribution in [0, 0.1) is 5.82 Å². The Labute approximate surface area is 93.6 Å². The van der Waals surface area contributed by atoms with Crippen LogP contribution < -0.4 is 0 Å². The van der Waals surface area contributed by atoms with Crippen molar-refractivity contribution < 1.29 is 8.81 Å². The molecule has 3 aromatic rings. The Bertz CT molecular complexity index is 657. The largest absolute Gasteiger partial charge is 0.455 e. The van der Waals surface area contributed by atoms with Crippen molar-refractivity contribution in [3.05, 3.63) is 46.7 Å². The van der Waals surface area contributed by atoms with Crippen LogP contribution in [0.1, 0.15) is 0 Å². The van der Waals surface area contributed by atoms with Gasteiger partial charge in [-0.25, -0.2) is 4.39 Å². The van der Waals surface area contributed by atoms with Crippen LogP contribution in [-0.2, 0) is 0 Å². The number of fused-ring (bicyclic) bond motifs is 3. The zero-order valence-corrected chi connectivity index (χ0v) is 9.21. The molecule has 0 fully saturated rings. The van der Waals surface area contributed by atoms with Crippen molar-refractivity contribution in [3.63, 3.8) is 0 Å². The zero-order valence-electron chi connectivity index (χ0n) is 7.63. The maximum Gasteiger partial charge on any atom is 0.149 e. The summed E-state index contributed by atoms with van der Waals surface area (Å²) in [5, 5.41) is 1.94. The van der Waals surface area contributed by atoms with E-state index in [0.717, 1.165) is 20.8 Å². The van der Waals surface area contributed by atoms with Crippen LogP contribution in [0.3, 0.4) is 0 Å². The maximum absolute atomic E-state index is 13.0. The highest BCUT2D eigenvalue weighted by atomic mass is 79.9. The Hall–Kier alpha value is -1.35. The van der Waals surface area contributed by atoms with Gasteiger partial charge in [0.15, 0.2) is 0 Å². The minimum atomic E-state index is -0.280. The van der Waals surface area contributed by atoms with Gasteiger partial charge in [-0.05, 0) is 34.1 Å². The monoisotopic (exact) mass is 264 g/mol. The summed E-state index contributed by atoms with van der Waals surface area (Å²) in [6.07, 6.45) is 0. The first-order valence-electron chi connectivity index (χ1n) is 4.52. The van der Waals surface area contributed by atoms with E-state index in [1.807, 2.05) is 18.2 Å². The minimum Gasteiger partial charge on any atom is -0.455 e. The normalized spacial score (nSPS) is 11.3. The molecule has 0 saturated heterocycles. The molecule has 0 aliphatic carbocycles. The molecule has 3 rings (SSSR count). The second kappa shape index (κ2) is 3.07. The Morgan fingerprint density at radius 3 is 2.80 bits per heavy atom. The van der Waals surface area contributed by atoms with Gasteiger partial charge in [-0.2, -0.15) is 0 Å². The first-order valence-corrected chi connectivity index (χ1v) is 5.31. The van der Waals surface area contributed by atoms with E-state index in [0.29, 0.717) is 5.58 Å². The fourth-order valence-corrected chi connectivity index (χ4v) is 2.18. The molecule has 3 heteroatoms. The molecule has 0 amide bonds. The SMILES string of the molecule is Fc1ccc2c(c1)oc1c(Br)cccc12. The van der Waals surface area contributed by atoms with Crippen LogP contribution in [0.25, 0.3) is 21.9 Å². The van der Waals surface area contributed by atoms with E-state index < -0.39 is 0 Å². The molecule has 1 nitrogen and oxygen atoms in total. The summed E-state index contributed by atoms with van der Waals surface area (Å²) in [5.74, 6) is -0.280. The van der Waals surface area contributed by atoms with Gasteiger partial charge >= 0.3 is 0 Å². The number of hydrogen-bond acceptors (Lipinski definition) is 1. The van der Waals surface area contributed by atoms with E-state index in [-0.39, 0.29) is 5.82 Å². The quantitative estimate of drug-likeness (QED) is 0.583. The van der Waals surface area contributed by atoms with Crippen LogP contribution in [0.4, 0.5) is 4.39 Å². The van der Waals surface area contributed by atoms with E-state index >= 15 is 0 Å². The van der Waals surface area contributed by atoms with E-state index in [1.165, 1.54) is 12.1 Å². The van der Waals surface area contributed by atoms with E-state index in [4.69, 9.17) is 4.42 Å². The second-order valence-electron chi connectivity index (χ2n) is 3.36. The summed E-state index contributed by atoms with van der Waals surface area (Å²) in [5.41, 5.74) is 1.34. The van der Waals surface area contributed by atoms with Crippen LogP contribution in [0.15, 0.2) is 45.3 Å².